The lowest BCUT2D eigenvalue weighted by atomic mass is 9.52. The van der Waals surface area contributed by atoms with Gasteiger partial charge in [-0.1, -0.05) is 32.4 Å². The Balaban J connectivity index is 1.62. The van der Waals surface area contributed by atoms with E-state index in [-0.39, 0.29) is 22.1 Å². The maximum absolute atomic E-state index is 12.8. The molecule has 0 aromatic heterocycles. The van der Waals surface area contributed by atoms with E-state index < -0.39 is 12.1 Å². The molecule has 3 unspecified atom stereocenters. The maximum atomic E-state index is 12.8. The molecule has 0 aliphatic heterocycles. The summed E-state index contributed by atoms with van der Waals surface area (Å²) < 4.78 is 10.9. The topological polar surface area (TPSA) is 72.8 Å². The summed E-state index contributed by atoms with van der Waals surface area (Å²) in [5.74, 6) is 0.130. The number of esters is 1. The molecule has 29 heavy (non-hydrogen) atoms. The molecule has 0 spiro atoms. The monoisotopic (exact) mass is 396 g/mol. The summed E-state index contributed by atoms with van der Waals surface area (Å²) >= 11 is 0. The summed E-state index contributed by atoms with van der Waals surface area (Å²) in [5.41, 5.74) is 3.72. The molecule has 0 bridgehead atoms. The molecule has 5 heteroatoms. The highest BCUT2D eigenvalue weighted by Gasteiger charge is 2.59. The Bertz CT molecular complexity index is 944. The lowest BCUT2D eigenvalue weighted by Crippen LogP contribution is -2.51. The predicted octanol–water partition coefficient (Wildman–Crippen LogP) is 4.52. The van der Waals surface area contributed by atoms with E-state index in [1.165, 1.54) is 18.7 Å². The number of aldehydes is 1. The van der Waals surface area contributed by atoms with E-state index in [1.807, 2.05) is 6.08 Å². The highest BCUT2D eigenvalue weighted by atomic mass is 16.5. The van der Waals surface area contributed by atoms with Gasteiger partial charge in [-0.3, -0.25) is 4.79 Å². The zero-order chi connectivity index (χ0) is 21.1. The zero-order valence-electron chi connectivity index (χ0n) is 17.7. The van der Waals surface area contributed by atoms with Gasteiger partial charge in [0.2, 0.25) is 0 Å². The van der Waals surface area contributed by atoms with Crippen molar-refractivity contribution < 1.29 is 24.2 Å². The molecule has 0 radical (unpaired) electrons. The number of aromatic hydroxyl groups is 1. The summed E-state index contributed by atoms with van der Waals surface area (Å²) in [6.07, 6.45) is 5.23. The fraction of sp³-hybridized carbons (Fsp3) is 0.500. The van der Waals surface area contributed by atoms with Gasteiger partial charge in [0.25, 0.3) is 0 Å². The molecular weight excluding hydrogens is 368 g/mol. The number of rotatable bonds is 4. The fourth-order valence-corrected chi connectivity index (χ4v) is 5.68. The van der Waals surface area contributed by atoms with E-state index in [2.05, 4.69) is 20.8 Å². The number of hydrogen-bond acceptors (Lipinski definition) is 5. The number of aryl methyl sites for hydroxylation is 1. The van der Waals surface area contributed by atoms with Crippen LogP contribution in [0.15, 0.2) is 34.9 Å². The highest BCUT2D eigenvalue weighted by Crippen LogP contribution is 2.64. The molecule has 3 aliphatic carbocycles. The quantitative estimate of drug-likeness (QED) is 0.599. The minimum Gasteiger partial charge on any atom is -0.507 e. The average molecular weight is 396 g/mol. The van der Waals surface area contributed by atoms with Crippen molar-refractivity contribution in [2.75, 3.05) is 7.11 Å². The Hall–Kier alpha value is -2.56. The van der Waals surface area contributed by atoms with Gasteiger partial charge < -0.3 is 14.6 Å². The molecule has 0 saturated heterocycles. The molecular formula is C24H28O5. The van der Waals surface area contributed by atoms with Crippen LogP contribution in [0.25, 0.3) is 0 Å². The molecule has 3 atom stereocenters. The van der Waals surface area contributed by atoms with Crippen molar-refractivity contribution in [3.63, 3.8) is 0 Å². The first-order valence-electron chi connectivity index (χ1n) is 10.1. The zero-order valence-corrected chi connectivity index (χ0v) is 17.7. The number of ether oxygens (including phenoxy) is 2. The average Bonchev–Trinajstić information content (AvgIpc) is 2.94. The summed E-state index contributed by atoms with van der Waals surface area (Å²) in [5, 5.41) is 10.3. The molecule has 2 saturated carbocycles. The van der Waals surface area contributed by atoms with Crippen LogP contribution in [0.2, 0.25) is 0 Å². The van der Waals surface area contributed by atoms with Crippen molar-refractivity contribution in [2.45, 2.75) is 53.1 Å². The largest absolute Gasteiger partial charge is 0.507 e. The summed E-state index contributed by atoms with van der Waals surface area (Å²) in [4.78, 5) is 24.7. The summed E-state index contributed by atoms with van der Waals surface area (Å²) in [6.45, 7) is 8.45. The van der Waals surface area contributed by atoms with Gasteiger partial charge in [0.1, 0.15) is 29.5 Å². The summed E-state index contributed by atoms with van der Waals surface area (Å²) in [6, 6.07) is 3.09. The van der Waals surface area contributed by atoms with Crippen molar-refractivity contribution in [2.24, 2.45) is 16.7 Å². The van der Waals surface area contributed by atoms with Gasteiger partial charge in [0.15, 0.2) is 0 Å². The first kappa shape index (κ1) is 19.7. The van der Waals surface area contributed by atoms with Gasteiger partial charge in [-0.05, 0) is 54.7 Å². The number of carbonyl (C=O) groups excluding carboxylic acids is 2. The Morgan fingerprint density at radius 1 is 1.24 bits per heavy atom. The molecule has 1 aromatic rings. The molecule has 4 rings (SSSR count). The number of phenols is 1. The van der Waals surface area contributed by atoms with Crippen LogP contribution in [-0.4, -0.2) is 30.6 Å². The maximum Gasteiger partial charge on any atom is 0.342 e. The molecule has 1 N–H and O–H groups in total. The van der Waals surface area contributed by atoms with Crippen LogP contribution in [0.5, 0.6) is 11.5 Å². The fourth-order valence-electron chi connectivity index (χ4n) is 5.68. The number of hydrogen-bond donors (Lipinski definition) is 1. The van der Waals surface area contributed by atoms with Crippen molar-refractivity contribution in [1.82, 2.24) is 0 Å². The van der Waals surface area contributed by atoms with E-state index in [4.69, 9.17) is 9.47 Å². The van der Waals surface area contributed by atoms with Crippen molar-refractivity contribution >= 4 is 12.3 Å². The van der Waals surface area contributed by atoms with Crippen molar-refractivity contribution in [3.05, 3.63) is 46.1 Å². The second-order valence-corrected chi connectivity index (χ2v) is 9.66. The Morgan fingerprint density at radius 2 is 1.97 bits per heavy atom. The smallest absolute Gasteiger partial charge is 0.342 e. The number of allylic oxidation sites excluding steroid dienone is 3. The number of methoxy groups -OCH3 is 1. The molecule has 154 valence electrons. The van der Waals surface area contributed by atoms with E-state index in [0.29, 0.717) is 29.2 Å². The Kier molecular flexibility index (Phi) is 4.41. The normalized spacial score (nSPS) is 29.3. The first-order valence-corrected chi connectivity index (χ1v) is 10.1. The van der Waals surface area contributed by atoms with E-state index >= 15 is 0 Å². The van der Waals surface area contributed by atoms with Crippen molar-refractivity contribution in [3.8, 4) is 11.5 Å². The van der Waals surface area contributed by atoms with Gasteiger partial charge in [-0.15, -0.1) is 0 Å². The third-order valence-electron chi connectivity index (χ3n) is 6.96. The first-order chi connectivity index (χ1) is 13.6. The SMILES string of the molecule is COc1cc(C)c(C(=O)OC2CC3(C)C2=C(C=O)C=C2CC(C)(C)CC23)c(O)c1. The van der Waals surface area contributed by atoms with Gasteiger partial charge in [-0.25, -0.2) is 4.79 Å². The Morgan fingerprint density at radius 3 is 2.59 bits per heavy atom. The van der Waals surface area contributed by atoms with Crippen LogP contribution in [0.3, 0.4) is 0 Å². The van der Waals surface area contributed by atoms with Gasteiger partial charge in [0, 0.05) is 17.1 Å². The highest BCUT2D eigenvalue weighted by molar-refractivity contribution is 5.95. The minimum atomic E-state index is -0.575. The lowest BCUT2D eigenvalue weighted by molar-refractivity contribution is -0.105. The van der Waals surface area contributed by atoms with Crippen LogP contribution in [0, 0.1) is 23.7 Å². The lowest BCUT2D eigenvalue weighted by Gasteiger charge is -2.54. The number of carbonyl (C=O) groups is 2. The van der Waals surface area contributed by atoms with E-state index in [0.717, 1.165) is 24.7 Å². The van der Waals surface area contributed by atoms with Crippen molar-refractivity contribution in [1.29, 1.82) is 0 Å². The van der Waals surface area contributed by atoms with Gasteiger partial charge >= 0.3 is 5.97 Å². The number of phenolic OH excluding ortho intramolecular Hbond substituents is 1. The van der Waals surface area contributed by atoms with Crippen LogP contribution < -0.4 is 4.74 Å². The molecule has 3 aliphatic rings. The predicted molar refractivity (Wildman–Crippen MR) is 109 cm³/mol. The second-order valence-electron chi connectivity index (χ2n) is 9.66. The van der Waals surface area contributed by atoms with E-state index in [9.17, 15) is 14.7 Å². The second kappa shape index (κ2) is 6.48. The third kappa shape index (κ3) is 2.98. The van der Waals surface area contributed by atoms with Gasteiger partial charge in [-0.2, -0.15) is 0 Å². The summed E-state index contributed by atoms with van der Waals surface area (Å²) in [7, 11) is 1.50. The van der Waals surface area contributed by atoms with E-state index in [1.54, 1.807) is 13.0 Å². The third-order valence-corrected chi connectivity index (χ3v) is 6.96. The number of fused-ring (bicyclic) bond motifs is 3. The Labute approximate surface area is 171 Å². The molecule has 2 fully saturated rings. The number of benzene rings is 1. The molecule has 0 amide bonds. The minimum absolute atomic E-state index is 0.140. The molecule has 0 heterocycles. The molecule has 5 nitrogen and oxygen atoms in total. The standard InChI is InChI=1S/C24H28O5/c1-13-6-16(28-5)8-18(26)20(13)22(27)29-19-11-24(4)17-10-23(2,3)9-14(17)7-15(12-25)21(19)24/h6-8,12,17,19,26H,9-11H2,1-5H3. The van der Waals surface area contributed by atoms with Crippen LogP contribution in [0.4, 0.5) is 0 Å². The van der Waals surface area contributed by atoms with Crippen LogP contribution >= 0.6 is 0 Å². The molecule has 1 aromatic carbocycles. The van der Waals surface area contributed by atoms with Gasteiger partial charge in [0.05, 0.1) is 7.11 Å². The van der Waals surface area contributed by atoms with Crippen LogP contribution in [-0.2, 0) is 9.53 Å². The van der Waals surface area contributed by atoms with Crippen LogP contribution in [0.1, 0.15) is 56.0 Å².